The van der Waals surface area contributed by atoms with Gasteiger partial charge in [0.15, 0.2) is 17.3 Å². The van der Waals surface area contributed by atoms with Crippen LogP contribution in [0.2, 0.25) is 0 Å². The lowest BCUT2D eigenvalue weighted by Gasteiger charge is -2.29. The van der Waals surface area contributed by atoms with Gasteiger partial charge in [-0.1, -0.05) is 0 Å². The molecule has 3 aliphatic rings. The second-order valence-corrected chi connectivity index (χ2v) is 10.1. The van der Waals surface area contributed by atoms with Crippen molar-refractivity contribution in [2.24, 2.45) is 0 Å². The Kier molecular flexibility index (Phi) is 6.01. The molecule has 0 bridgehead atoms. The van der Waals surface area contributed by atoms with Gasteiger partial charge in [0.1, 0.15) is 39.7 Å². The molecular weight excluding hydrogens is 504 g/mol. The van der Waals surface area contributed by atoms with Crippen LogP contribution in [-0.2, 0) is 19.8 Å². The lowest BCUT2D eigenvalue weighted by molar-refractivity contribution is -0.123. The smallest absolute Gasteiger partial charge is 0.232 e. The van der Waals surface area contributed by atoms with E-state index >= 15 is 0 Å². The van der Waals surface area contributed by atoms with Gasteiger partial charge >= 0.3 is 0 Å². The van der Waals surface area contributed by atoms with Crippen LogP contribution in [0.3, 0.4) is 0 Å². The topological polar surface area (TPSA) is 151 Å². The van der Waals surface area contributed by atoms with Crippen molar-refractivity contribution in [2.45, 2.75) is 45.4 Å². The van der Waals surface area contributed by atoms with E-state index in [9.17, 15) is 29.4 Å². The summed E-state index contributed by atoms with van der Waals surface area (Å²) >= 11 is 0. The third-order valence-electron chi connectivity index (χ3n) is 7.79. The fourth-order valence-corrected chi connectivity index (χ4v) is 5.57. The van der Waals surface area contributed by atoms with E-state index in [2.05, 4.69) is 10.6 Å². The number of ketones is 3. The molecule has 1 aliphatic carbocycles. The molecular formula is C29H28N2O8. The summed E-state index contributed by atoms with van der Waals surface area (Å²) in [5.41, 5.74) is 0.0266. The van der Waals surface area contributed by atoms with Crippen LogP contribution < -0.4 is 20.1 Å². The molecule has 39 heavy (non-hydrogen) atoms. The third-order valence-corrected chi connectivity index (χ3v) is 7.79. The monoisotopic (exact) mass is 532 g/mol. The van der Waals surface area contributed by atoms with Crippen LogP contribution in [0, 0.1) is 6.92 Å². The molecule has 10 nitrogen and oxygen atoms in total. The van der Waals surface area contributed by atoms with Crippen LogP contribution in [0.15, 0.2) is 41.3 Å². The van der Waals surface area contributed by atoms with Crippen molar-refractivity contribution < 1.29 is 38.9 Å². The molecule has 5 rings (SSSR count). The van der Waals surface area contributed by atoms with Gasteiger partial charge in [0, 0.05) is 29.6 Å². The fraction of sp³-hybridized carbons (Fsp3) is 0.310. The van der Waals surface area contributed by atoms with E-state index in [-0.39, 0.29) is 52.0 Å². The maximum atomic E-state index is 13.9. The van der Waals surface area contributed by atoms with Crippen LogP contribution in [0.25, 0.3) is 0 Å². The number of phenolic OH excluding ortho intramolecular Hbond substituents is 2. The second-order valence-electron chi connectivity index (χ2n) is 10.1. The number of carbonyl (C=O) groups excluding carboxylic acids is 4. The SMILES string of the molecule is COc1ccc2c(c1)C(CCN/C(C)=C1\C(=O)C=C3Oc4c(C(C)=O)c(O)c(C)c(O)c4[C@@]3(C)C1=O)C(=O)N2. The lowest BCUT2D eigenvalue weighted by Crippen LogP contribution is -2.41. The predicted octanol–water partition coefficient (Wildman–Crippen LogP) is 3.29. The first-order valence-corrected chi connectivity index (χ1v) is 12.4. The van der Waals surface area contributed by atoms with E-state index in [0.29, 0.717) is 17.9 Å². The van der Waals surface area contributed by atoms with E-state index < -0.39 is 34.4 Å². The summed E-state index contributed by atoms with van der Waals surface area (Å²) in [7, 11) is 1.55. The molecule has 4 N–H and O–H groups in total. The first-order valence-electron chi connectivity index (χ1n) is 12.4. The molecule has 1 amide bonds. The number of Topliss-reactive ketones (excluding diaryl/α,β-unsaturated/α-hetero) is 2. The number of fused-ring (bicyclic) bond motifs is 4. The Hall–Kier alpha value is -4.60. The molecule has 2 aromatic carbocycles. The van der Waals surface area contributed by atoms with Gasteiger partial charge in [-0.05, 0) is 57.9 Å². The Morgan fingerprint density at radius 2 is 1.90 bits per heavy atom. The summed E-state index contributed by atoms with van der Waals surface area (Å²) in [6.45, 7) is 6.06. The standard InChI is InChI=1S/C29H28N2O8/c1-12-24(34)22(14(3)32)26-23(25(12)35)29(4)20(39-26)11-19(33)21(27(29)36)13(2)30-9-8-16-17-10-15(38-5)6-7-18(17)31-28(16)37/h6-7,10-11,16,30,34-35H,8-9H2,1-5H3,(H,31,37)/b21-13+/t16?,29-/m0/s1. The van der Waals surface area contributed by atoms with Crippen LogP contribution in [0.1, 0.15) is 60.2 Å². The van der Waals surface area contributed by atoms with Gasteiger partial charge in [-0.3, -0.25) is 19.2 Å². The minimum absolute atomic E-state index is 0.0277. The number of aromatic hydroxyl groups is 2. The molecule has 2 aromatic rings. The highest BCUT2D eigenvalue weighted by Gasteiger charge is 2.56. The highest BCUT2D eigenvalue weighted by Crippen LogP contribution is 2.57. The minimum atomic E-state index is -1.59. The zero-order valence-corrected chi connectivity index (χ0v) is 22.1. The average Bonchev–Trinajstić information content (AvgIpc) is 3.35. The number of hydrogen-bond acceptors (Lipinski definition) is 9. The van der Waals surface area contributed by atoms with E-state index in [0.717, 1.165) is 11.3 Å². The summed E-state index contributed by atoms with van der Waals surface area (Å²) in [4.78, 5) is 51.9. The quantitative estimate of drug-likeness (QED) is 0.250. The van der Waals surface area contributed by atoms with Gasteiger partial charge in [-0.15, -0.1) is 0 Å². The van der Waals surface area contributed by atoms with Crippen LogP contribution in [0.5, 0.6) is 23.0 Å². The number of phenols is 2. The van der Waals surface area contributed by atoms with Crippen molar-refractivity contribution in [3.8, 4) is 23.0 Å². The van der Waals surface area contributed by atoms with Crippen molar-refractivity contribution >= 4 is 28.9 Å². The number of hydrogen-bond donors (Lipinski definition) is 4. The van der Waals surface area contributed by atoms with Gasteiger partial charge in [0.25, 0.3) is 0 Å². The Labute approximate surface area is 224 Å². The van der Waals surface area contributed by atoms with Gasteiger partial charge in [0.2, 0.25) is 5.91 Å². The fourth-order valence-electron chi connectivity index (χ4n) is 5.57. The Balaban J connectivity index is 1.46. The minimum Gasteiger partial charge on any atom is -0.507 e. The molecule has 0 saturated heterocycles. The molecule has 2 heterocycles. The van der Waals surface area contributed by atoms with Crippen LogP contribution >= 0.6 is 0 Å². The summed E-state index contributed by atoms with van der Waals surface area (Å²) in [6, 6.07) is 5.36. The Morgan fingerprint density at radius 1 is 1.18 bits per heavy atom. The molecule has 0 spiro atoms. The molecule has 0 saturated carbocycles. The number of anilines is 1. The zero-order valence-electron chi connectivity index (χ0n) is 22.1. The maximum absolute atomic E-state index is 13.9. The molecule has 10 heteroatoms. The van der Waals surface area contributed by atoms with Crippen molar-refractivity contribution in [1.82, 2.24) is 5.32 Å². The number of ether oxygens (including phenoxy) is 2. The van der Waals surface area contributed by atoms with Crippen molar-refractivity contribution in [3.05, 3.63) is 63.6 Å². The average molecular weight is 533 g/mol. The highest BCUT2D eigenvalue weighted by molar-refractivity contribution is 6.31. The number of benzene rings is 2. The molecule has 202 valence electrons. The summed E-state index contributed by atoms with van der Waals surface area (Å²) in [6.07, 6.45) is 1.56. The summed E-state index contributed by atoms with van der Waals surface area (Å²) < 4.78 is 11.1. The predicted molar refractivity (Wildman–Crippen MR) is 140 cm³/mol. The number of nitrogens with one attached hydrogen (secondary N) is 2. The molecule has 0 fully saturated rings. The number of methoxy groups -OCH3 is 1. The van der Waals surface area contributed by atoms with E-state index in [1.807, 2.05) is 6.07 Å². The van der Waals surface area contributed by atoms with E-state index in [4.69, 9.17) is 9.47 Å². The van der Waals surface area contributed by atoms with E-state index in [1.165, 1.54) is 26.8 Å². The largest absolute Gasteiger partial charge is 0.507 e. The number of carbonyl (C=O) groups is 4. The van der Waals surface area contributed by atoms with Gasteiger partial charge < -0.3 is 30.3 Å². The van der Waals surface area contributed by atoms with Gasteiger partial charge in [-0.25, -0.2) is 0 Å². The Morgan fingerprint density at radius 3 is 2.56 bits per heavy atom. The third kappa shape index (κ3) is 3.70. The first kappa shape index (κ1) is 26.0. The lowest BCUT2D eigenvalue weighted by atomic mass is 9.70. The van der Waals surface area contributed by atoms with Crippen molar-refractivity contribution in [2.75, 3.05) is 19.0 Å². The second kappa shape index (κ2) is 9.00. The number of allylic oxidation sites excluding steroid dienone is 4. The van der Waals surface area contributed by atoms with E-state index in [1.54, 1.807) is 26.2 Å². The van der Waals surface area contributed by atoms with Crippen molar-refractivity contribution in [1.29, 1.82) is 0 Å². The van der Waals surface area contributed by atoms with Crippen LogP contribution in [0.4, 0.5) is 5.69 Å². The summed E-state index contributed by atoms with van der Waals surface area (Å²) in [5.74, 6) is -2.66. The molecule has 2 aliphatic heterocycles. The number of rotatable bonds is 6. The molecule has 1 unspecified atom stereocenters. The van der Waals surface area contributed by atoms with Gasteiger partial charge in [0.05, 0.1) is 24.2 Å². The van der Waals surface area contributed by atoms with Crippen molar-refractivity contribution in [3.63, 3.8) is 0 Å². The normalized spacial score (nSPS) is 22.3. The summed E-state index contributed by atoms with van der Waals surface area (Å²) in [5, 5.41) is 27.4. The maximum Gasteiger partial charge on any atom is 0.232 e. The number of amides is 1. The molecule has 0 radical (unpaired) electrons. The van der Waals surface area contributed by atoms with Crippen LogP contribution in [-0.4, -0.2) is 47.1 Å². The first-order chi connectivity index (χ1) is 18.4. The zero-order chi connectivity index (χ0) is 28.4. The Bertz CT molecular complexity index is 1570. The molecule has 0 aromatic heterocycles. The van der Waals surface area contributed by atoms with Gasteiger partial charge in [-0.2, -0.15) is 0 Å². The highest BCUT2D eigenvalue weighted by atomic mass is 16.5. The molecule has 2 atom stereocenters.